The zero-order valence-electron chi connectivity index (χ0n) is 5.15. The van der Waals surface area contributed by atoms with E-state index in [1.807, 2.05) is 0 Å². The lowest BCUT2D eigenvalue weighted by atomic mass is 9.88. The zero-order chi connectivity index (χ0) is 8.70. The van der Waals surface area contributed by atoms with Crippen molar-refractivity contribution < 1.29 is 37.6 Å². The van der Waals surface area contributed by atoms with Gasteiger partial charge in [-0.3, -0.25) is 0 Å². The van der Waals surface area contributed by atoms with Crippen molar-refractivity contribution in [1.29, 1.82) is 0 Å². The van der Waals surface area contributed by atoms with E-state index in [4.69, 9.17) is 0 Å². The van der Waals surface area contributed by atoms with Crippen LogP contribution in [0.15, 0.2) is 0 Å². The van der Waals surface area contributed by atoms with Gasteiger partial charge in [-0.1, -0.05) is 0 Å². The number of rotatable bonds is 2. The highest BCUT2D eigenvalue weighted by atomic mass is 35.6. The van der Waals surface area contributed by atoms with Crippen molar-refractivity contribution in [3.8, 4) is 0 Å². The Labute approximate surface area is 63.2 Å². The quantitative estimate of drug-likeness (QED) is 0.575. The van der Waals surface area contributed by atoms with Gasteiger partial charge in [-0.2, -0.15) is 13.2 Å². The van der Waals surface area contributed by atoms with E-state index >= 15 is 0 Å². The van der Waals surface area contributed by atoms with Gasteiger partial charge in [0.2, 0.25) is 0 Å². The molecular formula is C4H4ClF3O3. The van der Waals surface area contributed by atoms with Crippen LogP contribution in [-0.4, -0.2) is 11.8 Å². The van der Waals surface area contributed by atoms with E-state index in [1.54, 1.807) is 0 Å². The summed E-state index contributed by atoms with van der Waals surface area (Å²) < 4.78 is 59.6. The molecule has 1 fully saturated rings. The number of halogens is 4. The first-order chi connectivity index (χ1) is 4.87. The van der Waals surface area contributed by atoms with Crippen LogP contribution in [-0.2, 0) is 4.29 Å². The van der Waals surface area contributed by atoms with E-state index in [-0.39, 0.29) is 0 Å². The molecule has 0 saturated heterocycles. The molecule has 0 radical (unpaired) electrons. The van der Waals surface area contributed by atoms with Gasteiger partial charge in [0.05, 0.1) is 4.29 Å². The molecular weight excluding hydrogens is 188 g/mol. The summed E-state index contributed by atoms with van der Waals surface area (Å²) in [5.74, 6) is -7.01. The molecule has 1 aliphatic carbocycles. The van der Waals surface area contributed by atoms with Gasteiger partial charge in [0.25, 0.3) is 10.8 Å². The SMILES string of the molecule is [O-][Cl+2]([O-])OC1(F)CCC1(F)F. The van der Waals surface area contributed by atoms with Crippen molar-refractivity contribution in [2.45, 2.75) is 24.6 Å². The average molecular weight is 193 g/mol. The second-order valence-electron chi connectivity index (χ2n) is 2.20. The highest BCUT2D eigenvalue weighted by Crippen LogP contribution is 2.50. The van der Waals surface area contributed by atoms with Gasteiger partial charge in [-0.15, -0.1) is 0 Å². The van der Waals surface area contributed by atoms with Gasteiger partial charge >= 0.3 is 11.8 Å². The van der Waals surface area contributed by atoms with Crippen molar-refractivity contribution in [2.75, 3.05) is 0 Å². The number of hydrogen-bond donors (Lipinski definition) is 0. The molecule has 1 unspecified atom stereocenters. The summed E-state index contributed by atoms with van der Waals surface area (Å²) in [7, 11) is -2.91. The molecule has 0 aromatic carbocycles. The van der Waals surface area contributed by atoms with Gasteiger partial charge in [0.15, 0.2) is 0 Å². The van der Waals surface area contributed by atoms with E-state index in [9.17, 15) is 22.5 Å². The Morgan fingerprint density at radius 3 is 1.82 bits per heavy atom. The first-order valence-electron chi connectivity index (χ1n) is 2.69. The first-order valence-corrected chi connectivity index (χ1v) is 3.62. The maximum absolute atomic E-state index is 12.6. The van der Waals surface area contributed by atoms with Gasteiger partial charge in [-0.25, -0.2) is 0 Å². The van der Waals surface area contributed by atoms with Gasteiger partial charge < -0.3 is 9.32 Å². The summed E-state index contributed by atoms with van der Waals surface area (Å²) in [6.07, 6.45) is -1.28. The van der Waals surface area contributed by atoms with E-state index in [2.05, 4.69) is 4.29 Å². The van der Waals surface area contributed by atoms with E-state index in [0.717, 1.165) is 0 Å². The van der Waals surface area contributed by atoms with E-state index < -0.39 is 35.4 Å². The van der Waals surface area contributed by atoms with Gasteiger partial charge in [-0.05, 0) is 0 Å². The predicted octanol–water partition coefficient (Wildman–Crippen LogP) is -0.816. The Kier molecular flexibility index (Phi) is 2.04. The zero-order valence-corrected chi connectivity index (χ0v) is 5.91. The monoisotopic (exact) mass is 192 g/mol. The summed E-state index contributed by atoms with van der Waals surface area (Å²) in [5.41, 5.74) is 0. The van der Waals surface area contributed by atoms with Crippen LogP contribution < -0.4 is 9.32 Å². The smallest absolute Gasteiger partial charge is 0.320 e. The fourth-order valence-corrected chi connectivity index (χ4v) is 1.10. The lowest BCUT2D eigenvalue weighted by Gasteiger charge is -2.35. The van der Waals surface area contributed by atoms with Crippen LogP contribution in [0, 0.1) is 10.8 Å². The third-order valence-electron chi connectivity index (χ3n) is 1.49. The van der Waals surface area contributed by atoms with Crippen molar-refractivity contribution in [3.63, 3.8) is 0 Å². The second-order valence-corrected chi connectivity index (χ2v) is 2.73. The molecule has 66 valence electrons. The van der Waals surface area contributed by atoms with Crippen LogP contribution in [0.4, 0.5) is 13.2 Å². The van der Waals surface area contributed by atoms with Crippen LogP contribution in [0.3, 0.4) is 0 Å². The molecule has 11 heavy (non-hydrogen) atoms. The van der Waals surface area contributed by atoms with Gasteiger partial charge in [0.1, 0.15) is 0 Å². The number of hydrogen-bond acceptors (Lipinski definition) is 3. The van der Waals surface area contributed by atoms with Crippen LogP contribution >= 0.6 is 0 Å². The highest BCUT2D eigenvalue weighted by molar-refractivity contribution is 4.95. The number of alkyl halides is 3. The van der Waals surface area contributed by atoms with E-state index in [1.165, 1.54) is 0 Å². The maximum Gasteiger partial charge on any atom is 0.378 e. The lowest BCUT2D eigenvalue weighted by Crippen LogP contribution is -2.59. The molecule has 3 nitrogen and oxygen atoms in total. The summed E-state index contributed by atoms with van der Waals surface area (Å²) in [4.78, 5) is 0. The van der Waals surface area contributed by atoms with Crippen LogP contribution in [0.2, 0.25) is 0 Å². The van der Waals surface area contributed by atoms with Crippen LogP contribution in [0.25, 0.3) is 0 Å². The Bertz CT molecular complexity index is 165. The molecule has 1 aliphatic rings. The van der Waals surface area contributed by atoms with Crippen molar-refractivity contribution in [3.05, 3.63) is 0 Å². The molecule has 7 heteroatoms. The highest BCUT2D eigenvalue weighted by Gasteiger charge is 2.71. The fraction of sp³-hybridized carbons (Fsp3) is 1.00. The normalized spacial score (nSPS) is 35.5. The molecule has 0 heterocycles. The molecule has 1 atom stereocenters. The molecule has 0 aromatic heterocycles. The minimum absolute atomic E-state index is 0.599. The molecule has 0 aliphatic heterocycles. The van der Waals surface area contributed by atoms with Gasteiger partial charge in [0, 0.05) is 12.8 Å². The van der Waals surface area contributed by atoms with Crippen LogP contribution in [0.1, 0.15) is 12.8 Å². The molecule has 0 spiro atoms. The Morgan fingerprint density at radius 2 is 1.73 bits per heavy atom. The third-order valence-corrected chi connectivity index (χ3v) is 1.86. The Hall–Kier alpha value is -0.0400. The van der Waals surface area contributed by atoms with Crippen molar-refractivity contribution >= 4 is 0 Å². The van der Waals surface area contributed by atoms with Crippen molar-refractivity contribution in [2.24, 2.45) is 0 Å². The minimum Gasteiger partial charge on any atom is -0.320 e. The minimum atomic E-state index is -3.68. The predicted molar refractivity (Wildman–Crippen MR) is 19.1 cm³/mol. The Balaban J connectivity index is 2.55. The molecule has 0 aromatic rings. The average Bonchev–Trinajstić information content (AvgIpc) is 1.84. The standard InChI is InChI=1S/C4H4ClF3O3/c6-3(7)1-2-4(3,8)11-5(9)10/h1-2H2. The fourth-order valence-electron chi connectivity index (χ4n) is 0.705. The largest absolute Gasteiger partial charge is 0.378 e. The molecule has 1 rings (SSSR count). The molecule has 0 amide bonds. The summed E-state index contributed by atoms with van der Waals surface area (Å²) in [6.45, 7) is 0. The maximum atomic E-state index is 12.6. The lowest BCUT2D eigenvalue weighted by molar-refractivity contribution is -1.63. The van der Waals surface area contributed by atoms with E-state index in [0.29, 0.717) is 0 Å². The first kappa shape index (κ1) is 9.05. The second kappa shape index (κ2) is 2.48. The molecule has 0 bridgehead atoms. The molecule has 0 N–H and O–H groups in total. The molecule has 1 saturated carbocycles. The summed E-state index contributed by atoms with van der Waals surface area (Å²) >= 11 is 0. The summed E-state index contributed by atoms with van der Waals surface area (Å²) in [6, 6.07) is 0. The summed E-state index contributed by atoms with van der Waals surface area (Å²) in [5, 5.41) is 0. The van der Waals surface area contributed by atoms with Crippen LogP contribution in [0.5, 0.6) is 0 Å². The van der Waals surface area contributed by atoms with Crippen molar-refractivity contribution in [1.82, 2.24) is 0 Å². The topological polar surface area (TPSA) is 55.3 Å². The third kappa shape index (κ3) is 1.44. The Morgan fingerprint density at radius 1 is 1.18 bits per heavy atom.